The molecule has 0 aliphatic heterocycles. The first-order valence-electron chi connectivity index (χ1n) is 5.07. The van der Waals surface area contributed by atoms with Crippen molar-refractivity contribution in [3.63, 3.8) is 0 Å². The zero-order valence-corrected chi connectivity index (χ0v) is 8.70. The van der Waals surface area contributed by atoms with Crippen molar-refractivity contribution in [1.29, 1.82) is 0 Å². The number of aryl methyl sites for hydroxylation is 1. The van der Waals surface area contributed by atoms with E-state index in [1.807, 2.05) is 6.92 Å². The molecule has 1 fully saturated rings. The van der Waals surface area contributed by atoms with Crippen LogP contribution in [-0.4, -0.2) is 4.98 Å². The van der Waals surface area contributed by atoms with E-state index in [0.717, 1.165) is 17.0 Å². The van der Waals surface area contributed by atoms with Gasteiger partial charge < -0.3 is 11.5 Å². The molecule has 3 heteroatoms. The van der Waals surface area contributed by atoms with Gasteiger partial charge in [-0.05, 0) is 36.8 Å². The molecule has 1 heterocycles. The maximum Gasteiger partial charge on any atom is 0.128 e. The third kappa shape index (κ3) is 1.60. The molecular formula is C11H17N3. The summed E-state index contributed by atoms with van der Waals surface area (Å²) in [6.07, 6.45) is 3.00. The van der Waals surface area contributed by atoms with Gasteiger partial charge in [0.2, 0.25) is 0 Å². The summed E-state index contributed by atoms with van der Waals surface area (Å²) >= 11 is 0. The van der Waals surface area contributed by atoms with Gasteiger partial charge >= 0.3 is 0 Å². The molecular weight excluding hydrogens is 174 g/mol. The van der Waals surface area contributed by atoms with E-state index in [2.05, 4.69) is 18.0 Å². The van der Waals surface area contributed by atoms with Crippen molar-refractivity contribution >= 4 is 5.82 Å². The lowest BCUT2D eigenvalue weighted by atomic mass is 10.0. The van der Waals surface area contributed by atoms with Crippen LogP contribution < -0.4 is 11.5 Å². The Morgan fingerprint density at radius 3 is 2.79 bits per heavy atom. The summed E-state index contributed by atoms with van der Waals surface area (Å²) in [5.41, 5.74) is 14.1. The van der Waals surface area contributed by atoms with E-state index < -0.39 is 0 Å². The smallest absolute Gasteiger partial charge is 0.128 e. The van der Waals surface area contributed by atoms with Gasteiger partial charge in [-0.1, -0.05) is 6.92 Å². The zero-order chi connectivity index (χ0) is 10.3. The molecule has 3 unspecified atom stereocenters. The Bertz CT molecular complexity index is 348. The monoisotopic (exact) mass is 191 g/mol. The predicted octanol–water partition coefficient (Wildman–Crippen LogP) is 1.63. The molecule has 1 aliphatic carbocycles. The lowest BCUT2D eigenvalue weighted by molar-refractivity contribution is 0.593. The molecule has 1 aliphatic rings. The summed E-state index contributed by atoms with van der Waals surface area (Å²) in [5, 5.41) is 0. The molecule has 0 amide bonds. The van der Waals surface area contributed by atoms with E-state index in [1.165, 1.54) is 6.42 Å². The van der Waals surface area contributed by atoms with Crippen LogP contribution >= 0.6 is 0 Å². The molecule has 0 aromatic carbocycles. The van der Waals surface area contributed by atoms with Gasteiger partial charge in [0.1, 0.15) is 5.82 Å². The third-order valence-corrected chi connectivity index (χ3v) is 3.08. The highest BCUT2D eigenvalue weighted by atomic mass is 14.8. The van der Waals surface area contributed by atoms with Crippen molar-refractivity contribution in [2.24, 2.45) is 17.6 Å². The third-order valence-electron chi connectivity index (χ3n) is 3.08. The van der Waals surface area contributed by atoms with Gasteiger partial charge in [-0.15, -0.1) is 0 Å². The summed E-state index contributed by atoms with van der Waals surface area (Å²) in [6.45, 7) is 4.24. The zero-order valence-electron chi connectivity index (χ0n) is 8.70. The fourth-order valence-corrected chi connectivity index (χ4v) is 1.95. The number of nitrogen functional groups attached to an aromatic ring is 1. The second-order valence-electron chi connectivity index (χ2n) is 4.39. The van der Waals surface area contributed by atoms with E-state index in [1.54, 1.807) is 6.20 Å². The summed E-state index contributed by atoms with van der Waals surface area (Å²) in [7, 11) is 0. The van der Waals surface area contributed by atoms with Crippen LogP contribution in [0.25, 0.3) is 0 Å². The fourth-order valence-electron chi connectivity index (χ4n) is 1.95. The van der Waals surface area contributed by atoms with Crippen LogP contribution in [0, 0.1) is 18.8 Å². The standard InChI is InChI=1S/C11H17N3/c1-6-3-9(11(13)14-5-6)10(12)8-4-7(8)2/h3,5,7-8,10H,4,12H2,1-2H3,(H2,13,14). The van der Waals surface area contributed by atoms with Crippen LogP contribution in [0.15, 0.2) is 12.3 Å². The summed E-state index contributed by atoms with van der Waals surface area (Å²) < 4.78 is 0. The minimum Gasteiger partial charge on any atom is -0.383 e. The number of aromatic nitrogens is 1. The second-order valence-corrected chi connectivity index (χ2v) is 4.39. The van der Waals surface area contributed by atoms with Crippen molar-refractivity contribution in [2.75, 3.05) is 5.73 Å². The minimum atomic E-state index is 0.0670. The highest BCUT2D eigenvalue weighted by Gasteiger charge is 2.39. The Balaban J connectivity index is 2.26. The van der Waals surface area contributed by atoms with Gasteiger partial charge in [0.15, 0.2) is 0 Å². The average Bonchev–Trinajstić information content (AvgIpc) is 2.86. The van der Waals surface area contributed by atoms with Crippen LogP contribution in [0.3, 0.4) is 0 Å². The molecule has 0 spiro atoms. The SMILES string of the molecule is Cc1cnc(N)c(C(N)C2CC2C)c1. The van der Waals surface area contributed by atoms with Gasteiger partial charge in [-0.25, -0.2) is 4.98 Å². The van der Waals surface area contributed by atoms with Gasteiger partial charge in [-0.3, -0.25) is 0 Å². The Morgan fingerprint density at radius 2 is 2.21 bits per heavy atom. The number of nitrogens with zero attached hydrogens (tertiary/aromatic N) is 1. The Labute approximate surface area is 84.5 Å². The van der Waals surface area contributed by atoms with E-state index in [4.69, 9.17) is 11.5 Å². The van der Waals surface area contributed by atoms with Crippen molar-refractivity contribution in [3.05, 3.63) is 23.4 Å². The number of nitrogens with two attached hydrogens (primary N) is 2. The molecule has 0 bridgehead atoms. The summed E-state index contributed by atoms with van der Waals surface area (Å²) in [4.78, 5) is 4.13. The fraction of sp³-hybridized carbons (Fsp3) is 0.545. The number of hydrogen-bond donors (Lipinski definition) is 2. The normalized spacial score (nSPS) is 27.4. The molecule has 1 aromatic rings. The van der Waals surface area contributed by atoms with Crippen molar-refractivity contribution in [3.8, 4) is 0 Å². The Kier molecular flexibility index (Phi) is 2.19. The quantitative estimate of drug-likeness (QED) is 0.746. The molecule has 76 valence electrons. The minimum absolute atomic E-state index is 0.0670. The van der Waals surface area contributed by atoms with E-state index in [9.17, 15) is 0 Å². The predicted molar refractivity (Wildman–Crippen MR) is 57.6 cm³/mol. The second kappa shape index (κ2) is 3.24. The molecule has 2 rings (SSSR count). The number of hydrogen-bond acceptors (Lipinski definition) is 3. The van der Waals surface area contributed by atoms with E-state index in [-0.39, 0.29) is 6.04 Å². The van der Waals surface area contributed by atoms with Gasteiger partial charge in [0, 0.05) is 17.8 Å². The highest BCUT2D eigenvalue weighted by molar-refractivity contribution is 5.43. The largest absolute Gasteiger partial charge is 0.383 e. The van der Waals surface area contributed by atoms with Gasteiger partial charge in [0.25, 0.3) is 0 Å². The molecule has 0 saturated heterocycles. The summed E-state index contributed by atoms with van der Waals surface area (Å²) in [5.74, 6) is 1.92. The maximum absolute atomic E-state index is 6.14. The average molecular weight is 191 g/mol. The summed E-state index contributed by atoms with van der Waals surface area (Å²) in [6, 6.07) is 2.12. The number of anilines is 1. The number of pyridine rings is 1. The van der Waals surface area contributed by atoms with E-state index in [0.29, 0.717) is 11.7 Å². The molecule has 3 nitrogen and oxygen atoms in total. The van der Waals surface area contributed by atoms with E-state index >= 15 is 0 Å². The first-order valence-corrected chi connectivity index (χ1v) is 5.07. The van der Waals surface area contributed by atoms with Crippen LogP contribution in [0.4, 0.5) is 5.82 Å². The number of rotatable bonds is 2. The first-order chi connectivity index (χ1) is 6.59. The lowest BCUT2D eigenvalue weighted by Crippen LogP contribution is -2.16. The van der Waals surface area contributed by atoms with Crippen molar-refractivity contribution < 1.29 is 0 Å². The highest BCUT2D eigenvalue weighted by Crippen LogP contribution is 2.46. The molecule has 4 N–H and O–H groups in total. The molecule has 1 aromatic heterocycles. The van der Waals surface area contributed by atoms with Crippen molar-refractivity contribution in [1.82, 2.24) is 4.98 Å². The topological polar surface area (TPSA) is 64.9 Å². The molecule has 3 atom stereocenters. The lowest BCUT2D eigenvalue weighted by Gasteiger charge is -2.13. The van der Waals surface area contributed by atoms with Crippen molar-refractivity contribution in [2.45, 2.75) is 26.3 Å². The van der Waals surface area contributed by atoms with Gasteiger partial charge in [-0.2, -0.15) is 0 Å². The van der Waals surface area contributed by atoms with Crippen LogP contribution in [0.1, 0.15) is 30.5 Å². The van der Waals surface area contributed by atoms with Crippen LogP contribution in [0.2, 0.25) is 0 Å². The Morgan fingerprint density at radius 1 is 1.57 bits per heavy atom. The van der Waals surface area contributed by atoms with Crippen LogP contribution in [-0.2, 0) is 0 Å². The first kappa shape index (κ1) is 9.46. The van der Waals surface area contributed by atoms with Gasteiger partial charge in [0.05, 0.1) is 0 Å². The van der Waals surface area contributed by atoms with Crippen LogP contribution in [0.5, 0.6) is 0 Å². The molecule has 14 heavy (non-hydrogen) atoms. The molecule has 0 radical (unpaired) electrons. The molecule has 1 saturated carbocycles. The Hall–Kier alpha value is -1.09. The maximum atomic E-state index is 6.14.